The van der Waals surface area contributed by atoms with Gasteiger partial charge in [0.2, 0.25) is 0 Å². The second-order valence-electron chi connectivity index (χ2n) is 2.62. The number of halogens is 1. The van der Waals surface area contributed by atoms with Crippen molar-refractivity contribution >= 4 is 58.0 Å². The zero-order chi connectivity index (χ0) is 12.3. The minimum atomic E-state index is 0.257. The molecule has 0 saturated carbocycles. The fourth-order valence-corrected chi connectivity index (χ4v) is 5.19. The van der Waals surface area contributed by atoms with E-state index in [9.17, 15) is 0 Å². The number of nitrogens with zero attached hydrogens (tertiary/aromatic N) is 4. The van der Waals surface area contributed by atoms with Crippen LogP contribution in [0.15, 0.2) is 12.9 Å². The molecular weight excluding hydrogens is 316 g/mol. The molecule has 88 valence electrons. The molecule has 0 spiro atoms. The first-order chi connectivity index (χ1) is 8.24. The lowest BCUT2D eigenvalue weighted by atomic mass is 10.4. The molecule has 9 heteroatoms. The number of hydrogen-bond acceptors (Lipinski definition) is 8. The molecule has 0 aromatic carbocycles. The average molecular weight is 321 g/mol. The maximum atomic E-state index is 8.94. The van der Waals surface area contributed by atoms with Gasteiger partial charge >= 0.3 is 0 Å². The summed E-state index contributed by atoms with van der Waals surface area (Å²) < 4.78 is 6.45. The molecule has 2 aromatic rings. The highest BCUT2D eigenvalue weighted by atomic mass is 35.5. The second kappa shape index (κ2) is 6.02. The van der Waals surface area contributed by atoms with E-state index in [2.05, 4.69) is 21.5 Å². The lowest BCUT2D eigenvalue weighted by molar-refractivity contribution is 0.955. The molecule has 0 bridgehead atoms. The predicted octanol–water partition coefficient (Wildman–Crippen LogP) is 3.78. The molecule has 0 atom stereocenters. The van der Waals surface area contributed by atoms with Gasteiger partial charge in [-0.3, -0.25) is 0 Å². The van der Waals surface area contributed by atoms with Gasteiger partial charge in [0.05, 0.1) is 0 Å². The number of aromatic nitrogens is 3. The van der Waals surface area contributed by atoms with E-state index < -0.39 is 0 Å². The molecule has 0 fully saturated rings. The third-order valence-corrected chi connectivity index (χ3v) is 5.94. The maximum absolute atomic E-state index is 8.94. The topological polar surface area (TPSA) is 62.5 Å². The van der Waals surface area contributed by atoms with Crippen molar-refractivity contribution < 1.29 is 0 Å². The molecule has 0 saturated heterocycles. The molecule has 2 rings (SSSR count). The standard InChI is InChI=1S/C8H5ClN4S4/c1-2-14-7-11-12-8(16-7)15-6-4(3-10)5(9)13-17-6/h2H2,1H3. The molecule has 0 aliphatic rings. The van der Waals surface area contributed by atoms with Crippen LogP contribution in [-0.2, 0) is 0 Å². The summed E-state index contributed by atoms with van der Waals surface area (Å²) in [6.45, 7) is 2.07. The van der Waals surface area contributed by atoms with E-state index in [1.165, 1.54) is 34.6 Å². The van der Waals surface area contributed by atoms with Crippen LogP contribution in [-0.4, -0.2) is 20.3 Å². The van der Waals surface area contributed by atoms with E-state index in [-0.39, 0.29) is 5.15 Å². The smallest absolute Gasteiger partial charge is 0.180 e. The van der Waals surface area contributed by atoms with Crippen LogP contribution in [0.1, 0.15) is 12.5 Å². The quantitative estimate of drug-likeness (QED) is 0.799. The van der Waals surface area contributed by atoms with Crippen LogP contribution in [0.5, 0.6) is 0 Å². The van der Waals surface area contributed by atoms with Crippen molar-refractivity contribution in [2.24, 2.45) is 0 Å². The molecule has 0 aliphatic carbocycles. The first-order valence-corrected chi connectivity index (χ1v) is 8.21. The van der Waals surface area contributed by atoms with E-state index in [0.29, 0.717) is 5.56 Å². The Labute approximate surface area is 120 Å². The van der Waals surface area contributed by atoms with Crippen LogP contribution in [0.25, 0.3) is 0 Å². The van der Waals surface area contributed by atoms with Gasteiger partial charge in [-0.15, -0.1) is 10.2 Å². The van der Waals surface area contributed by atoms with Crippen molar-refractivity contribution in [1.29, 1.82) is 5.26 Å². The second-order valence-corrected chi connectivity index (χ2v) is 7.75. The molecule has 0 unspecified atom stereocenters. The van der Waals surface area contributed by atoms with E-state index in [1.54, 1.807) is 11.8 Å². The number of hydrogen-bond donors (Lipinski definition) is 0. The molecular formula is C8H5ClN4S4. The number of thioether (sulfide) groups is 1. The molecule has 2 heterocycles. The molecule has 4 nitrogen and oxygen atoms in total. The predicted molar refractivity (Wildman–Crippen MR) is 72.3 cm³/mol. The van der Waals surface area contributed by atoms with Gasteiger partial charge in [-0.2, -0.15) is 9.64 Å². The van der Waals surface area contributed by atoms with Crippen LogP contribution in [0.3, 0.4) is 0 Å². The summed E-state index contributed by atoms with van der Waals surface area (Å²) >= 11 is 11.5. The summed E-state index contributed by atoms with van der Waals surface area (Å²) in [6, 6.07) is 2.04. The Morgan fingerprint density at radius 2 is 2.18 bits per heavy atom. The first-order valence-electron chi connectivity index (χ1n) is 4.44. The summed E-state index contributed by atoms with van der Waals surface area (Å²) in [5.74, 6) is 0.967. The third-order valence-electron chi connectivity index (χ3n) is 1.57. The molecule has 17 heavy (non-hydrogen) atoms. The van der Waals surface area contributed by atoms with Crippen LogP contribution >= 0.6 is 58.0 Å². The highest BCUT2D eigenvalue weighted by Crippen LogP contribution is 2.39. The fraction of sp³-hybridized carbons (Fsp3) is 0.250. The monoisotopic (exact) mass is 320 g/mol. The third kappa shape index (κ3) is 3.11. The van der Waals surface area contributed by atoms with Gasteiger partial charge in [0.25, 0.3) is 0 Å². The zero-order valence-corrected chi connectivity index (χ0v) is 12.5. The van der Waals surface area contributed by atoms with Crippen molar-refractivity contribution in [2.75, 3.05) is 5.75 Å². The van der Waals surface area contributed by atoms with Crippen molar-refractivity contribution in [3.63, 3.8) is 0 Å². The Balaban J connectivity index is 2.17. The Kier molecular flexibility index (Phi) is 4.64. The molecule has 2 aromatic heterocycles. The normalized spacial score (nSPS) is 10.4. The van der Waals surface area contributed by atoms with Crippen LogP contribution in [0.4, 0.5) is 0 Å². The van der Waals surface area contributed by atoms with Gasteiger partial charge in [-0.1, -0.05) is 41.6 Å². The van der Waals surface area contributed by atoms with Crippen molar-refractivity contribution in [1.82, 2.24) is 14.6 Å². The maximum Gasteiger partial charge on any atom is 0.180 e. The van der Waals surface area contributed by atoms with E-state index in [4.69, 9.17) is 16.9 Å². The number of rotatable bonds is 4. The average Bonchev–Trinajstić information content (AvgIpc) is 2.88. The van der Waals surface area contributed by atoms with Crippen molar-refractivity contribution in [3.05, 3.63) is 10.7 Å². The SMILES string of the molecule is CCSc1nnc(Sc2snc(Cl)c2C#N)s1. The minimum absolute atomic E-state index is 0.257. The molecule has 0 amide bonds. The van der Waals surface area contributed by atoms with Crippen LogP contribution in [0, 0.1) is 11.3 Å². The Hall–Kier alpha value is -0.330. The van der Waals surface area contributed by atoms with Gasteiger partial charge in [-0.05, 0) is 29.0 Å². The summed E-state index contributed by atoms with van der Waals surface area (Å²) in [7, 11) is 0. The Morgan fingerprint density at radius 3 is 2.88 bits per heavy atom. The Bertz CT molecular complexity index is 558. The lowest BCUT2D eigenvalue weighted by Crippen LogP contribution is -1.74. The van der Waals surface area contributed by atoms with E-state index in [1.807, 2.05) is 6.07 Å². The first kappa shape index (κ1) is 13.1. The van der Waals surface area contributed by atoms with Crippen LogP contribution < -0.4 is 0 Å². The van der Waals surface area contributed by atoms with Gasteiger partial charge < -0.3 is 0 Å². The summed E-state index contributed by atoms with van der Waals surface area (Å²) in [5, 5.41) is 17.3. The van der Waals surface area contributed by atoms with E-state index in [0.717, 1.165) is 18.6 Å². The number of nitriles is 1. The Morgan fingerprint density at radius 1 is 1.41 bits per heavy atom. The molecule has 0 N–H and O–H groups in total. The highest BCUT2D eigenvalue weighted by molar-refractivity contribution is 8.04. The minimum Gasteiger partial charge on any atom is -0.192 e. The van der Waals surface area contributed by atoms with Gasteiger partial charge in [0.1, 0.15) is 15.8 Å². The highest BCUT2D eigenvalue weighted by Gasteiger charge is 2.15. The van der Waals surface area contributed by atoms with Gasteiger partial charge in [0, 0.05) is 0 Å². The van der Waals surface area contributed by atoms with E-state index >= 15 is 0 Å². The molecule has 0 radical (unpaired) electrons. The van der Waals surface area contributed by atoms with Gasteiger partial charge in [-0.25, -0.2) is 0 Å². The van der Waals surface area contributed by atoms with Crippen molar-refractivity contribution in [3.8, 4) is 6.07 Å². The largest absolute Gasteiger partial charge is 0.192 e. The fourth-order valence-electron chi connectivity index (χ4n) is 0.918. The van der Waals surface area contributed by atoms with Crippen molar-refractivity contribution in [2.45, 2.75) is 19.8 Å². The summed E-state index contributed by atoms with van der Waals surface area (Å²) in [6.07, 6.45) is 0. The lowest BCUT2D eigenvalue weighted by Gasteiger charge is -1.90. The summed E-state index contributed by atoms with van der Waals surface area (Å²) in [4.78, 5) is 0. The molecule has 0 aliphatic heterocycles. The van der Waals surface area contributed by atoms with Gasteiger partial charge in [0.15, 0.2) is 13.8 Å². The zero-order valence-electron chi connectivity index (χ0n) is 8.51. The summed E-state index contributed by atoms with van der Waals surface area (Å²) in [5.41, 5.74) is 0.418. The van der Waals surface area contributed by atoms with Crippen LogP contribution in [0.2, 0.25) is 5.15 Å².